The highest BCUT2D eigenvalue weighted by Crippen LogP contribution is 2.20. The first-order chi connectivity index (χ1) is 6.36. The molecule has 1 fully saturated rings. The zero-order valence-corrected chi connectivity index (χ0v) is 8.60. The third-order valence-electron chi connectivity index (χ3n) is 2.51. The first-order valence-corrected chi connectivity index (χ1v) is 5.52. The monoisotopic (exact) mass is 194 g/mol. The zero-order chi connectivity index (χ0) is 9.10. The van der Waals surface area contributed by atoms with E-state index in [9.17, 15) is 0 Å². The second-order valence-electron chi connectivity index (χ2n) is 3.45. The third-order valence-corrected chi connectivity index (χ3v) is 3.23. The first-order valence-electron chi connectivity index (χ1n) is 4.64. The molecule has 1 aliphatic rings. The van der Waals surface area contributed by atoms with Crippen molar-refractivity contribution in [2.75, 3.05) is 13.1 Å². The second kappa shape index (κ2) is 4.03. The number of aromatic nitrogens is 1. The molecule has 1 saturated heterocycles. The third kappa shape index (κ3) is 2.17. The molecule has 13 heavy (non-hydrogen) atoms. The van der Waals surface area contributed by atoms with Gasteiger partial charge in [0.2, 0.25) is 0 Å². The predicted octanol–water partition coefficient (Wildman–Crippen LogP) is 2.16. The quantitative estimate of drug-likeness (QED) is 0.780. The molecule has 3 heteroatoms. The average Bonchev–Trinajstić information content (AvgIpc) is 2.74. The minimum Gasteiger partial charge on any atom is -0.316 e. The summed E-state index contributed by atoms with van der Waals surface area (Å²) in [5.74, 6) is 0.726. The van der Waals surface area contributed by atoms with Crippen LogP contribution in [0.3, 0.4) is 0 Å². The van der Waals surface area contributed by atoms with Crippen LogP contribution in [-0.2, 0) is 0 Å². The van der Waals surface area contributed by atoms with Crippen LogP contribution >= 0.6 is 11.3 Å². The molecule has 0 spiro atoms. The normalized spacial score (nSPS) is 23.8. The Labute approximate surface area is 82.7 Å². The first kappa shape index (κ1) is 8.91. The van der Waals surface area contributed by atoms with Crippen molar-refractivity contribution in [3.63, 3.8) is 0 Å². The van der Waals surface area contributed by atoms with Gasteiger partial charge in [0.15, 0.2) is 0 Å². The van der Waals surface area contributed by atoms with Crippen LogP contribution in [0, 0.1) is 5.92 Å². The molecule has 2 heterocycles. The van der Waals surface area contributed by atoms with Gasteiger partial charge in [-0.3, -0.25) is 0 Å². The lowest BCUT2D eigenvalue weighted by molar-refractivity contribution is 0.686. The number of hydrogen-bond donors (Lipinski definition) is 1. The van der Waals surface area contributed by atoms with Crippen molar-refractivity contribution in [1.82, 2.24) is 10.3 Å². The Morgan fingerprint density at radius 2 is 2.69 bits per heavy atom. The van der Waals surface area contributed by atoms with E-state index in [0.717, 1.165) is 24.0 Å². The molecule has 0 aliphatic carbocycles. The molecule has 1 N–H and O–H groups in total. The van der Waals surface area contributed by atoms with Crippen molar-refractivity contribution in [3.05, 3.63) is 22.2 Å². The van der Waals surface area contributed by atoms with Crippen molar-refractivity contribution in [2.45, 2.75) is 13.3 Å². The van der Waals surface area contributed by atoms with Gasteiger partial charge in [-0.2, -0.15) is 0 Å². The van der Waals surface area contributed by atoms with Gasteiger partial charge in [-0.1, -0.05) is 5.57 Å². The standard InChI is InChI=1S/C10H14N2S/c1-8(9-2-3-11-7-9)6-10-12-4-5-13-10/h4-6,9,11H,2-3,7H2,1H3/b8-6-. The van der Waals surface area contributed by atoms with Crippen LogP contribution < -0.4 is 5.32 Å². The van der Waals surface area contributed by atoms with E-state index in [2.05, 4.69) is 23.3 Å². The van der Waals surface area contributed by atoms with Gasteiger partial charge < -0.3 is 5.32 Å². The zero-order valence-electron chi connectivity index (χ0n) is 7.79. The van der Waals surface area contributed by atoms with Crippen LogP contribution in [-0.4, -0.2) is 18.1 Å². The Hall–Kier alpha value is -0.670. The fourth-order valence-electron chi connectivity index (χ4n) is 1.66. The summed E-state index contributed by atoms with van der Waals surface area (Å²) in [5, 5.41) is 6.52. The highest BCUT2D eigenvalue weighted by atomic mass is 32.1. The summed E-state index contributed by atoms with van der Waals surface area (Å²) >= 11 is 1.70. The van der Waals surface area contributed by atoms with Crippen molar-refractivity contribution in [2.24, 2.45) is 5.92 Å². The van der Waals surface area contributed by atoms with E-state index in [1.54, 1.807) is 11.3 Å². The van der Waals surface area contributed by atoms with Crippen molar-refractivity contribution >= 4 is 17.4 Å². The van der Waals surface area contributed by atoms with Crippen LogP contribution in [0.25, 0.3) is 6.08 Å². The van der Waals surface area contributed by atoms with E-state index in [1.807, 2.05) is 11.6 Å². The van der Waals surface area contributed by atoms with E-state index >= 15 is 0 Å². The maximum Gasteiger partial charge on any atom is 0.115 e. The predicted molar refractivity (Wildman–Crippen MR) is 56.7 cm³/mol. The van der Waals surface area contributed by atoms with Gasteiger partial charge in [0.25, 0.3) is 0 Å². The molecular formula is C10H14N2S. The van der Waals surface area contributed by atoms with Gasteiger partial charge in [-0.05, 0) is 31.9 Å². The second-order valence-corrected chi connectivity index (χ2v) is 4.37. The number of hydrogen-bond acceptors (Lipinski definition) is 3. The number of rotatable bonds is 2. The molecule has 1 atom stereocenters. The lowest BCUT2D eigenvalue weighted by Gasteiger charge is -2.07. The van der Waals surface area contributed by atoms with Crippen molar-refractivity contribution < 1.29 is 0 Å². The number of nitrogens with zero attached hydrogens (tertiary/aromatic N) is 1. The molecule has 70 valence electrons. The van der Waals surface area contributed by atoms with E-state index in [1.165, 1.54) is 12.0 Å². The summed E-state index contributed by atoms with van der Waals surface area (Å²) in [6, 6.07) is 0. The minimum atomic E-state index is 0.726. The molecule has 1 aromatic heterocycles. The molecule has 0 amide bonds. The van der Waals surface area contributed by atoms with Gasteiger partial charge in [-0.15, -0.1) is 11.3 Å². The summed E-state index contributed by atoms with van der Waals surface area (Å²) in [6.45, 7) is 4.50. The lowest BCUT2D eigenvalue weighted by atomic mass is 10.00. The van der Waals surface area contributed by atoms with Gasteiger partial charge in [0.1, 0.15) is 5.01 Å². The topological polar surface area (TPSA) is 24.9 Å². The fourth-order valence-corrected chi connectivity index (χ4v) is 2.30. The molecule has 2 rings (SSSR count). The molecule has 2 nitrogen and oxygen atoms in total. The van der Waals surface area contributed by atoms with Gasteiger partial charge >= 0.3 is 0 Å². The van der Waals surface area contributed by atoms with Crippen LogP contribution in [0.4, 0.5) is 0 Å². The highest BCUT2D eigenvalue weighted by Gasteiger charge is 2.15. The Kier molecular flexibility index (Phi) is 2.76. The molecule has 0 saturated carbocycles. The van der Waals surface area contributed by atoms with E-state index in [-0.39, 0.29) is 0 Å². The Morgan fingerprint density at radius 1 is 1.77 bits per heavy atom. The smallest absolute Gasteiger partial charge is 0.115 e. The number of thiazole rings is 1. The Balaban J connectivity index is 2.07. The molecule has 1 aromatic rings. The Bertz CT molecular complexity index is 284. The summed E-state index contributed by atoms with van der Waals surface area (Å²) in [5.41, 5.74) is 1.46. The fraction of sp³-hybridized carbons (Fsp3) is 0.500. The van der Waals surface area contributed by atoms with Gasteiger partial charge in [0, 0.05) is 18.1 Å². The molecule has 1 unspecified atom stereocenters. The molecule has 0 aromatic carbocycles. The van der Waals surface area contributed by atoms with E-state index in [4.69, 9.17) is 0 Å². The molecule has 1 aliphatic heterocycles. The van der Waals surface area contributed by atoms with Crippen LogP contribution in [0.5, 0.6) is 0 Å². The summed E-state index contributed by atoms with van der Waals surface area (Å²) in [4.78, 5) is 4.25. The van der Waals surface area contributed by atoms with Crippen LogP contribution in [0.1, 0.15) is 18.4 Å². The average molecular weight is 194 g/mol. The van der Waals surface area contributed by atoms with Crippen molar-refractivity contribution in [1.29, 1.82) is 0 Å². The molecular weight excluding hydrogens is 180 g/mol. The number of nitrogens with one attached hydrogen (secondary N) is 1. The summed E-state index contributed by atoms with van der Waals surface area (Å²) in [6.07, 6.45) is 5.34. The van der Waals surface area contributed by atoms with Crippen molar-refractivity contribution in [3.8, 4) is 0 Å². The largest absolute Gasteiger partial charge is 0.316 e. The maximum atomic E-state index is 4.25. The lowest BCUT2D eigenvalue weighted by Crippen LogP contribution is -2.09. The molecule has 0 bridgehead atoms. The van der Waals surface area contributed by atoms with E-state index in [0.29, 0.717) is 0 Å². The maximum absolute atomic E-state index is 4.25. The SMILES string of the molecule is C/C(=C/c1nccs1)C1CCNC1. The molecule has 0 radical (unpaired) electrons. The highest BCUT2D eigenvalue weighted by molar-refractivity contribution is 7.10. The van der Waals surface area contributed by atoms with Gasteiger partial charge in [-0.25, -0.2) is 4.98 Å². The van der Waals surface area contributed by atoms with Gasteiger partial charge in [0.05, 0.1) is 0 Å². The summed E-state index contributed by atoms with van der Waals surface area (Å²) < 4.78 is 0. The minimum absolute atomic E-state index is 0.726. The Morgan fingerprint density at radius 3 is 3.31 bits per heavy atom. The van der Waals surface area contributed by atoms with E-state index < -0.39 is 0 Å². The van der Waals surface area contributed by atoms with Crippen LogP contribution in [0.15, 0.2) is 17.2 Å². The van der Waals surface area contributed by atoms with Crippen LogP contribution in [0.2, 0.25) is 0 Å². The summed E-state index contributed by atoms with van der Waals surface area (Å²) in [7, 11) is 0.